The van der Waals surface area contributed by atoms with E-state index in [1.807, 2.05) is 36.4 Å². The fourth-order valence-electron chi connectivity index (χ4n) is 3.00. The van der Waals surface area contributed by atoms with Gasteiger partial charge in [-0.2, -0.15) is 0 Å². The summed E-state index contributed by atoms with van der Waals surface area (Å²) in [5.41, 5.74) is 12.5. The fourth-order valence-corrected chi connectivity index (χ4v) is 3.00. The molecule has 2 N–H and O–H groups in total. The van der Waals surface area contributed by atoms with Crippen LogP contribution in [0.3, 0.4) is 0 Å². The number of hydrogen-bond donors (Lipinski definition) is 1. The van der Waals surface area contributed by atoms with Crippen molar-refractivity contribution in [3.05, 3.63) is 95.1 Å². The van der Waals surface area contributed by atoms with Gasteiger partial charge in [0.25, 0.3) is 0 Å². The van der Waals surface area contributed by atoms with Crippen LogP contribution in [0.1, 0.15) is 22.3 Å². The molecule has 0 spiro atoms. The number of nitrogens with two attached hydrogens (primary N) is 1. The lowest BCUT2D eigenvalue weighted by Gasteiger charge is -2.10. The second-order valence-electron chi connectivity index (χ2n) is 5.67. The van der Waals surface area contributed by atoms with Crippen molar-refractivity contribution in [1.29, 1.82) is 0 Å². The minimum Gasteiger partial charge on any atom is -0.488 e. The van der Waals surface area contributed by atoms with Gasteiger partial charge in [0, 0.05) is 11.3 Å². The normalized spacial score (nSPS) is 14.5. The van der Waals surface area contributed by atoms with Gasteiger partial charge < -0.3 is 10.5 Å². The van der Waals surface area contributed by atoms with E-state index in [0.717, 1.165) is 22.6 Å². The van der Waals surface area contributed by atoms with Crippen molar-refractivity contribution < 1.29 is 4.74 Å². The molecule has 0 amide bonds. The number of para-hydroxylation sites is 1. The third-order valence-corrected chi connectivity index (χ3v) is 4.09. The molecule has 0 unspecified atom stereocenters. The number of benzene rings is 3. The first-order valence-corrected chi connectivity index (χ1v) is 7.69. The first kappa shape index (κ1) is 13.6. The maximum Gasteiger partial charge on any atom is 0.127 e. The molecule has 0 aliphatic carbocycles. The van der Waals surface area contributed by atoms with Crippen molar-refractivity contribution in [3.8, 4) is 5.75 Å². The van der Waals surface area contributed by atoms with Gasteiger partial charge in [0.1, 0.15) is 12.4 Å². The van der Waals surface area contributed by atoms with Gasteiger partial charge in [-0.05, 0) is 46.5 Å². The monoisotopic (exact) mass is 299 g/mol. The Balaban J connectivity index is 1.97. The van der Waals surface area contributed by atoms with Crippen LogP contribution >= 0.6 is 0 Å². The molecular weight excluding hydrogens is 282 g/mol. The second kappa shape index (κ2) is 5.65. The van der Waals surface area contributed by atoms with Crippen LogP contribution in [0.15, 0.2) is 72.8 Å². The average Bonchev–Trinajstić information content (AvgIpc) is 2.73. The number of hydrogen-bond acceptors (Lipinski definition) is 2. The Morgan fingerprint density at radius 2 is 1.61 bits per heavy atom. The Bertz CT molecular complexity index is 846. The minimum absolute atomic E-state index is 0.585. The molecule has 2 nitrogen and oxygen atoms in total. The van der Waals surface area contributed by atoms with E-state index in [2.05, 4.69) is 42.5 Å². The molecule has 0 radical (unpaired) electrons. The minimum atomic E-state index is 0.585. The fraction of sp³-hybridized carbons (Fsp3) is 0.0476. The Kier molecular flexibility index (Phi) is 3.35. The van der Waals surface area contributed by atoms with Crippen LogP contribution in [0.4, 0.5) is 5.69 Å². The van der Waals surface area contributed by atoms with Gasteiger partial charge in [-0.25, -0.2) is 0 Å². The molecule has 1 heterocycles. The first-order valence-electron chi connectivity index (χ1n) is 7.69. The number of ether oxygens (including phenoxy) is 1. The molecule has 1 aliphatic rings. The van der Waals surface area contributed by atoms with Crippen molar-refractivity contribution in [2.24, 2.45) is 0 Å². The highest BCUT2D eigenvalue weighted by molar-refractivity contribution is 5.94. The van der Waals surface area contributed by atoms with Gasteiger partial charge in [-0.1, -0.05) is 54.6 Å². The zero-order chi connectivity index (χ0) is 15.6. The number of nitrogen functional groups attached to an aromatic ring is 1. The van der Waals surface area contributed by atoms with Gasteiger partial charge in [0.2, 0.25) is 0 Å². The van der Waals surface area contributed by atoms with E-state index in [0.29, 0.717) is 6.61 Å². The van der Waals surface area contributed by atoms with Crippen LogP contribution in [0.25, 0.3) is 11.6 Å². The molecule has 4 rings (SSSR count). The summed E-state index contributed by atoms with van der Waals surface area (Å²) >= 11 is 0. The van der Waals surface area contributed by atoms with Crippen LogP contribution in [-0.2, 0) is 6.61 Å². The number of rotatable bonds is 1. The predicted octanol–water partition coefficient (Wildman–Crippen LogP) is 4.75. The zero-order valence-electron chi connectivity index (χ0n) is 12.7. The Hall–Kier alpha value is -3.00. The van der Waals surface area contributed by atoms with Crippen molar-refractivity contribution in [1.82, 2.24) is 0 Å². The maximum absolute atomic E-state index is 6.00. The molecule has 3 aromatic carbocycles. The van der Waals surface area contributed by atoms with E-state index >= 15 is 0 Å². The van der Waals surface area contributed by atoms with Crippen LogP contribution in [-0.4, -0.2) is 0 Å². The van der Waals surface area contributed by atoms with E-state index in [4.69, 9.17) is 10.5 Å². The lowest BCUT2D eigenvalue weighted by molar-refractivity contribution is 0.307. The van der Waals surface area contributed by atoms with Gasteiger partial charge in [0.15, 0.2) is 0 Å². The standard InChI is InChI=1S/C21H17NO/c22-17-8-5-6-15(12-17)13-20-18-9-2-1-7-16(18)14-23-21-11-4-3-10-19(20)21/h1-13H,14,22H2/b20-13+. The number of fused-ring (bicyclic) bond motifs is 2. The Morgan fingerprint density at radius 1 is 0.826 bits per heavy atom. The lowest BCUT2D eigenvalue weighted by Crippen LogP contribution is -1.94. The summed E-state index contributed by atoms with van der Waals surface area (Å²) in [5, 5.41) is 0. The van der Waals surface area contributed by atoms with Gasteiger partial charge >= 0.3 is 0 Å². The topological polar surface area (TPSA) is 35.2 Å². The van der Waals surface area contributed by atoms with Crippen molar-refractivity contribution in [2.75, 3.05) is 5.73 Å². The highest BCUT2D eigenvalue weighted by Gasteiger charge is 2.18. The third kappa shape index (κ3) is 2.59. The molecule has 0 saturated heterocycles. The molecule has 0 bridgehead atoms. The van der Waals surface area contributed by atoms with Crippen molar-refractivity contribution in [2.45, 2.75) is 6.61 Å². The molecule has 2 heteroatoms. The van der Waals surface area contributed by atoms with Crippen LogP contribution in [0.2, 0.25) is 0 Å². The van der Waals surface area contributed by atoms with Crippen LogP contribution in [0, 0.1) is 0 Å². The largest absolute Gasteiger partial charge is 0.488 e. The van der Waals surface area contributed by atoms with E-state index < -0.39 is 0 Å². The van der Waals surface area contributed by atoms with Gasteiger partial charge in [-0.3, -0.25) is 0 Å². The Labute approximate surface area is 135 Å². The SMILES string of the molecule is Nc1cccc(/C=C2\c3ccccc3COc3ccccc32)c1. The predicted molar refractivity (Wildman–Crippen MR) is 95.0 cm³/mol. The van der Waals surface area contributed by atoms with Crippen molar-refractivity contribution in [3.63, 3.8) is 0 Å². The molecule has 23 heavy (non-hydrogen) atoms. The molecule has 3 aromatic rings. The highest BCUT2D eigenvalue weighted by atomic mass is 16.5. The van der Waals surface area contributed by atoms with E-state index in [1.54, 1.807) is 0 Å². The quantitative estimate of drug-likeness (QED) is 0.658. The summed E-state index contributed by atoms with van der Waals surface area (Å²) in [6, 6.07) is 24.5. The molecule has 1 aliphatic heterocycles. The maximum atomic E-state index is 6.00. The molecule has 0 atom stereocenters. The van der Waals surface area contributed by atoms with Crippen LogP contribution in [0.5, 0.6) is 5.75 Å². The van der Waals surface area contributed by atoms with Crippen molar-refractivity contribution >= 4 is 17.3 Å². The van der Waals surface area contributed by atoms with Crippen LogP contribution < -0.4 is 10.5 Å². The summed E-state index contributed by atoms with van der Waals surface area (Å²) in [5.74, 6) is 0.916. The summed E-state index contributed by atoms with van der Waals surface area (Å²) in [4.78, 5) is 0. The van der Waals surface area contributed by atoms with Gasteiger partial charge in [-0.15, -0.1) is 0 Å². The summed E-state index contributed by atoms with van der Waals surface area (Å²) in [7, 11) is 0. The summed E-state index contributed by atoms with van der Waals surface area (Å²) < 4.78 is 6.00. The smallest absolute Gasteiger partial charge is 0.127 e. The van der Waals surface area contributed by atoms with E-state index in [-0.39, 0.29) is 0 Å². The van der Waals surface area contributed by atoms with E-state index in [1.165, 1.54) is 16.7 Å². The van der Waals surface area contributed by atoms with E-state index in [9.17, 15) is 0 Å². The first-order chi connectivity index (χ1) is 11.3. The highest BCUT2D eigenvalue weighted by Crippen LogP contribution is 2.37. The Morgan fingerprint density at radius 3 is 2.48 bits per heavy atom. The second-order valence-corrected chi connectivity index (χ2v) is 5.67. The molecule has 0 aromatic heterocycles. The average molecular weight is 299 g/mol. The summed E-state index contributed by atoms with van der Waals surface area (Å²) in [6.45, 7) is 0.585. The third-order valence-electron chi connectivity index (χ3n) is 4.09. The lowest BCUT2D eigenvalue weighted by atomic mass is 9.92. The molecule has 0 fully saturated rings. The molecule has 0 saturated carbocycles. The van der Waals surface area contributed by atoms with Gasteiger partial charge in [0.05, 0.1) is 0 Å². The number of anilines is 1. The zero-order valence-corrected chi connectivity index (χ0v) is 12.7. The molecular formula is C21H17NO. The summed E-state index contributed by atoms with van der Waals surface area (Å²) in [6.07, 6.45) is 2.18. The molecule has 112 valence electrons.